The molecule has 3 aromatic heterocycles. The summed E-state index contributed by atoms with van der Waals surface area (Å²) >= 11 is 8.85. The van der Waals surface area contributed by atoms with Gasteiger partial charge in [0.15, 0.2) is 11.0 Å². The van der Waals surface area contributed by atoms with E-state index in [1.54, 1.807) is 23.5 Å². The highest BCUT2D eigenvalue weighted by Gasteiger charge is 2.17. The quantitative estimate of drug-likeness (QED) is 0.620. The number of anilines is 1. The molecule has 1 amide bonds. The first-order valence-electron chi connectivity index (χ1n) is 8.00. The first-order valence-corrected chi connectivity index (χ1v) is 10.2. The van der Waals surface area contributed by atoms with Crippen LogP contribution in [0, 0.1) is 6.92 Å². The van der Waals surface area contributed by atoms with Crippen LogP contribution >= 0.6 is 34.7 Å². The number of carbonyl (C=O) groups excluding carboxylic acids is 1. The topological polar surface area (TPSA) is 72.7 Å². The molecule has 0 fully saturated rings. The summed E-state index contributed by atoms with van der Waals surface area (Å²) in [6, 6.07) is 3.34. The number of hydrogen-bond donors (Lipinski definition) is 1. The number of halogens is 1. The van der Waals surface area contributed by atoms with Crippen molar-refractivity contribution in [2.24, 2.45) is 7.05 Å². The summed E-state index contributed by atoms with van der Waals surface area (Å²) in [5, 5.41) is 14.6. The van der Waals surface area contributed by atoms with Crippen molar-refractivity contribution >= 4 is 46.4 Å². The maximum Gasteiger partial charge on any atom is 0.236 e. The molecule has 0 atom stereocenters. The Kier molecular flexibility index (Phi) is 5.95. The number of thiophene rings is 1. The molecule has 136 valence electrons. The van der Waals surface area contributed by atoms with Crippen molar-refractivity contribution in [1.82, 2.24) is 19.7 Å². The average molecular weight is 408 g/mol. The molecule has 3 rings (SSSR count). The summed E-state index contributed by atoms with van der Waals surface area (Å²) in [4.78, 5) is 17.5. The van der Waals surface area contributed by atoms with Gasteiger partial charge in [0.1, 0.15) is 5.82 Å². The Morgan fingerprint density at radius 2 is 2.19 bits per heavy atom. The zero-order chi connectivity index (χ0) is 18.7. The largest absolute Gasteiger partial charge is 0.310 e. The summed E-state index contributed by atoms with van der Waals surface area (Å²) < 4.78 is 1.93. The lowest BCUT2D eigenvalue weighted by molar-refractivity contribution is -0.113. The van der Waals surface area contributed by atoms with Gasteiger partial charge in [0, 0.05) is 29.1 Å². The van der Waals surface area contributed by atoms with Crippen molar-refractivity contribution in [3.8, 4) is 11.4 Å². The van der Waals surface area contributed by atoms with Crippen LogP contribution < -0.4 is 5.32 Å². The Bertz CT molecular complexity index is 920. The van der Waals surface area contributed by atoms with Crippen LogP contribution in [0.3, 0.4) is 0 Å². The second-order valence-electron chi connectivity index (χ2n) is 5.60. The van der Waals surface area contributed by atoms with Crippen molar-refractivity contribution in [3.05, 3.63) is 39.2 Å². The van der Waals surface area contributed by atoms with Crippen LogP contribution in [-0.2, 0) is 18.3 Å². The highest BCUT2D eigenvalue weighted by atomic mass is 35.5. The summed E-state index contributed by atoms with van der Waals surface area (Å²) in [5.41, 5.74) is 2.42. The molecule has 0 radical (unpaired) electrons. The van der Waals surface area contributed by atoms with Crippen molar-refractivity contribution in [1.29, 1.82) is 0 Å². The van der Waals surface area contributed by atoms with E-state index >= 15 is 0 Å². The number of amides is 1. The molecule has 0 saturated carbocycles. The Morgan fingerprint density at radius 1 is 1.38 bits per heavy atom. The predicted molar refractivity (Wildman–Crippen MR) is 107 cm³/mol. The first kappa shape index (κ1) is 18.9. The fourth-order valence-electron chi connectivity index (χ4n) is 2.54. The van der Waals surface area contributed by atoms with E-state index in [2.05, 4.69) is 39.7 Å². The predicted octanol–water partition coefficient (Wildman–Crippen LogP) is 4.19. The minimum Gasteiger partial charge on any atom is -0.310 e. The number of carbonyl (C=O) groups is 1. The second kappa shape index (κ2) is 8.20. The highest BCUT2D eigenvalue weighted by Crippen LogP contribution is 2.31. The molecule has 0 aliphatic carbocycles. The summed E-state index contributed by atoms with van der Waals surface area (Å²) in [6.07, 6.45) is 2.45. The van der Waals surface area contributed by atoms with Gasteiger partial charge in [-0.25, -0.2) is 4.98 Å². The molecule has 0 bridgehead atoms. The van der Waals surface area contributed by atoms with Gasteiger partial charge in [0.2, 0.25) is 5.91 Å². The van der Waals surface area contributed by atoms with Crippen LogP contribution in [0.25, 0.3) is 11.4 Å². The molecule has 0 aliphatic heterocycles. The number of pyridine rings is 1. The van der Waals surface area contributed by atoms with E-state index in [9.17, 15) is 4.79 Å². The number of thioether (sulfide) groups is 1. The molecule has 1 N–H and O–H groups in total. The molecule has 0 aromatic carbocycles. The number of aromatic nitrogens is 4. The van der Waals surface area contributed by atoms with E-state index < -0.39 is 0 Å². The smallest absolute Gasteiger partial charge is 0.236 e. The van der Waals surface area contributed by atoms with Crippen LogP contribution in [0.5, 0.6) is 0 Å². The zero-order valence-corrected chi connectivity index (χ0v) is 17.0. The Morgan fingerprint density at radius 3 is 2.88 bits per heavy atom. The van der Waals surface area contributed by atoms with E-state index in [1.165, 1.54) is 28.4 Å². The number of nitrogens with zero attached hydrogens (tertiary/aromatic N) is 4. The van der Waals surface area contributed by atoms with E-state index in [-0.39, 0.29) is 11.7 Å². The van der Waals surface area contributed by atoms with Gasteiger partial charge >= 0.3 is 0 Å². The Hall–Kier alpha value is -1.90. The van der Waals surface area contributed by atoms with Crippen LogP contribution in [0.4, 0.5) is 5.82 Å². The van der Waals surface area contributed by atoms with E-state index in [1.807, 2.05) is 11.6 Å². The summed E-state index contributed by atoms with van der Waals surface area (Å²) in [7, 11) is 1.92. The number of nitrogens with one attached hydrogen (secondary N) is 1. The summed E-state index contributed by atoms with van der Waals surface area (Å²) in [5.74, 6) is 1.36. The fourth-order valence-corrected chi connectivity index (χ4v) is 4.30. The van der Waals surface area contributed by atoms with Gasteiger partial charge in [-0.3, -0.25) is 4.79 Å². The molecule has 3 heterocycles. The molecular weight excluding hydrogens is 390 g/mol. The van der Waals surface area contributed by atoms with Gasteiger partial charge in [-0.15, -0.1) is 21.5 Å². The molecular formula is C17H18ClN5OS2. The monoisotopic (exact) mass is 407 g/mol. The Labute approximate surface area is 165 Å². The third kappa shape index (κ3) is 4.08. The molecule has 0 aliphatic rings. The second-order valence-corrected chi connectivity index (χ2v) is 8.06. The maximum absolute atomic E-state index is 12.1. The lowest BCUT2D eigenvalue weighted by Gasteiger charge is -2.06. The molecule has 9 heteroatoms. The van der Waals surface area contributed by atoms with Crippen molar-refractivity contribution in [3.63, 3.8) is 0 Å². The molecule has 0 unspecified atom stereocenters. The van der Waals surface area contributed by atoms with Crippen molar-refractivity contribution < 1.29 is 4.79 Å². The molecule has 3 aromatic rings. The van der Waals surface area contributed by atoms with Gasteiger partial charge in [-0.2, -0.15) is 0 Å². The zero-order valence-electron chi connectivity index (χ0n) is 14.6. The maximum atomic E-state index is 12.1. The lowest BCUT2D eigenvalue weighted by atomic mass is 10.1. The first-order chi connectivity index (χ1) is 12.5. The molecule has 26 heavy (non-hydrogen) atoms. The van der Waals surface area contributed by atoms with Gasteiger partial charge in [-0.1, -0.05) is 30.3 Å². The van der Waals surface area contributed by atoms with Crippen LogP contribution in [0.15, 0.2) is 28.9 Å². The van der Waals surface area contributed by atoms with Gasteiger partial charge in [0.05, 0.1) is 10.8 Å². The number of rotatable bonds is 6. The molecule has 0 saturated heterocycles. The van der Waals surface area contributed by atoms with E-state index in [0.717, 1.165) is 17.8 Å². The van der Waals surface area contributed by atoms with Gasteiger partial charge < -0.3 is 9.88 Å². The van der Waals surface area contributed by atoms with Gasteiger partial charge in [0.25, 0.3) is 0 Å². The standard InChI is InChI=1S/C17H18ClN5OS2/c1-4-12-10(2)25-8-13(12)16-21-22-17(23(16)3)26-9-15(24)20-14-6-5-11(18)7-19-14/h5-8H,4,9H2,1-3H3,(H,19,20,24). The van der Waals surface area contributed by atoms with E-state index in [0.29, 0.717) is 16.0 Å². The lowest BCUT2D eigenvalue weighted by Crippen LogP contribution is -2.15. The number of hydrogen-bond acceptors (Lipinski definition) is 6. The Balaban J connectivity index is 1.66. The SMILES string of the molecule is CCc1c(-c2nnc(SCC(=O)Nc3ccc(Cl)cn3)n2C)csc1C. The van der Waals surface area contributed by atoms with Crippen molar-refractivity contribution in [2.45, 2.75) is 25.4 Å². The third-order valence-electron chi connectivity index (χ3n) is 3.86. The third-order valence-corrected chi connectivity index (χ3v) is 6.06. The summed E-state index contributed by atoms with van der Waals surface area (Å²) in [6.45, 7) is 4.26. The van der Waals surface area contributed by atoms with Gasteiger partial charge in [-0.05, 0) is 31.0 Å². The van der Waals surface area contributed by atoms with Crippen LogP contribution in [-0.4, -0.2) is 31.4 Å². The molecule has 0 spiro atoms. The average Bonchev–Trinajstić information content (AvgIpc) is 3.17. The minimum absolute atomic E-state index is 0.157. The normalized spacial score (nSPS) is 10.9. The fraction of sp³-hybridized carbons (Fsp3) is 0.294. The van der Waals surface area contributed by atoms with Crippen LogP contribution in [0.2, 0.25) is 5.02 Å². The highest BCUT2D eigenvalue weighted by molar-refractivity contribution is 7.99. The van der Waals surface area contributed by atoms with E-state index in [4.69, 9.17) is 11.6 Å². The van der Waals surface area contributed by atoms with Crippen LogP contribution in [0.1, 0.15) is 17.4 Å². The minimum atomic E-state index is -0.157. The van der Waals surface area contributed by atoms with Crippen molar-refractivity contribution in [2.75, 3.05) is 11.1 Å². The molecule has 6 nitrogen and oxygen atoms in total. The number of aryl methyl sites for hydroxylation is 1.